The number of ether oxygens (including phenoxy) is 2. The third-order valence-corrected chi connectivity index (χ3v) is 4.10. The highest BCUT2D eigenvalue weighted by molar-refractivity contribution is 6.01. The third kappa shape index (κ3) is 4.44. The Kier molecular flexibility index (Phi) is 5.33. The molecule has 2 saturated heterocycles. The Morgan fingerprint density at radius 3 is 2.88 bits per heavy atom. The van der Waals surface area contributed by atoms with Crippen molar-refractivity contribution in [2.75, 3.05) is 31.1 Å². The average molecular weight is 373 g/mol. The first kappa shape index (κ1) is 18.5. The van der Waals surface area contributed by atoms with Crippen molar-refractivity contribution in [3.63, 3.8) is 0 Å². The van der Waals surface area contributed by atoms with Gasteiger partial charge in [-0.15, -0.1) is 13.2 Å². The van der Waals surface area contributed by atoms with Gasteiger partial charge in [0.1, 0.15) is 17.9 Å². The Morgan fingerprint density at radius 2 is 2.19 bits per heavy atom. The van der Waals surface area contributed by atoms with Gasteiger partial charge in [0.25, 0.3) is 5.91 Å². The Labute approximate surface area is 147 Å². The molecule has 0 saturated carbocycles. The van der Waals surface area contributed by atoms with E-state index >= 15 is 0 Å². The van der Waals surface area contributed by atoms with Gasteiger partial charge >= 0.3 is 6.36 Å². The molecule has 2 aliphatic heterocycles. The summed E-state index contributed by atoms with van der Waals surface area (Å²) >= 11 is 0. The fourth-order valence-corrected chi connectivity index (χ4v) is 2.92. The molecular formula is C16H18F3N3O4. The number of rotatable bonds is 4. The first-order chi connectivity index (χ1) is 12.3. The average Bonchev–Trinajstić information content (AvgIpc) is 2.95. The van der Waals surface area contributed by atoms with Crippen LogP contribution < -0.4 is 20.3 Å². The van der Waals surface area contributed by atoms with Crippen LogP contribution in [-0.2, 0) is 14.3 Å². The number of benzene rings is 1. The Bertz CT molecular complexity index is 677. The summed E-state index contributed by atoms with van der Waals surface area (Å²) in [6.45, 7) is 1.72. The van der Waals surface area contributed by atoms with Gasteiger partial charge in [0, 0.05) is 31.4 Å². The summed E-state index contributed by atoms with van der Waals surface area (Å²) in [7, 11) is 0. The number of morpholine rings is 1. The van der Waals surface area contributed by atoms with Gasteiger partial charge in [-0.25, -0.2) is 0 Å². The fraction of sp³-hybridized carbons (Fsp3) is 0.500. The molecule has 1 aromatic rings. The number of halogens is 3. The highest BCUT2D eigenvalue weighted by atomic mass is 19.4. The summed E-state index contributed by atoms with van der Waals surface area (Å²) in [6.07, 6.45) is -5.11. The number of carbonyl (C=O) groups excluding carboxylic acids is 2. The second-order valence-corrected chi connectivity index (χ2v) is 5.95. The fourth-order valence-electron chi connectivity index (χ4n) is 2.92. The molecule has 3 rings (SSSR count). The molecule has 2 fully saturated rings. The molecule has 0 aliphatic carbocycles. The number of nitrogens with zero attached hydrogens (tertiary/aromatic N) is 1. The molecule has 0 bridgehead atoms. The van der Waals surface area contributed by atoms with E-state index in [9.17, 15) is 22.8 Å². The van der Waals surface area contributed by atoms with Gasteiger partial charge in [-0.1, -0.05) is 6.07 Å². The van der Waals surface area contributed by atoms with Gasteiger partial charge in [-0.3, -0.25) is 9.59 Å². The van der Waals surface area contributed by atoms with Crippen molar-refractivity contribution in [3.05, 3.63) is 24.3 Å². The minimum atomic E-state index is -4.81. The molecule has 26 heavy (non-hydrogen) atoms. The molecule has 2 N–H and O–H groups in total. The zero-order valence-corrected chi connectivity index (χ0v) is 13.7. The number of amides is 2. The van der Waals surface area contributed by atoms with Gasteiger partial charge < -0.3 is 25.0 Å². The molecule has 2 heterocycles. The second-order valence-electron chi connectivity index (χ2n) is 5.95. The van der Waals surface area contributed by atoms with Crippen LogP contribution in [0.25, 0.3) is 0 Å². The normalized spacial score (nSPS) is 23.8. The van der Waals surface area contributed by atoms with Crippen molar-refractivity contribution in [3.8, 4) is 5.75 Å². The smallest absolute Gasteiger partial charge is 0.406 e. The zero-order valence-electron chi connectivity index (χ0n) is 13.7. The maximum Gasteiger partial charge on any atom is 0.573 e. The molecule has 142 valence electrons. The predicted octanol–water partition coefficient (Wildman–Crippen LogP) is 0.795. The molecule has 0 aromatic heterocycles. The summed E-state index contributed by atoms with van der Waals surface area (Å²) < 4.78 is 46.2. The van der Waals surface area contributed by atoms with Crippen LogP contribution in [0.4, 0.5) is 18.9 Å². The van der Waals surface area contributed by atoms with Crippen molar-refractivity contribution in [2.45, 2.75) is 24.9 Å². The van der Waals surface area contributed by atoms with Crippen LogP contribution in [0.15, 0.2) is 24.3 Å². The lowest BCUT2D eigenvalue weighted by Crippen LogP contribution is -2.51. The molecular weight excluding hydrogens is 355 g/mol. The Balaban J connectivity index is 1.63. The van der Waals surface area contributed by atoms with Crippen LogP contribution in [0, 0.1) is 0 Å². The molecule has 10 heteroatoms. The summed E-state index contributed by atoms with van der Waals surface area (Å²) in [5.74, 6) is -1.17. The minimum absolute atomic E-state index is 0.281. The number of hydrogen-bond acceptors (Lipinski definition) is 5. The Morgan fingerprint density at radius 1 is 1.38 bits per heavy atom. The number of carbonyl (C=O) groups is 2. The van der Waals surface area contributed by atoms with Gasteiger partial charge in [0.15, 0.2) is 0 Å². The topological polar surface area (TPSA) is 79.9 Å². The van der Waals surface area contributed by atoms with E-state index in [2.05, 4.69) is 15.4 Å². The summed E-state index contributed by atoms with van der Waals surface area (Å²) in [6, 6.07) is 4.45. The van der Waals surface area contributed by atoms with Crippen LogP contribution in [-0.4, -0.2) is 56.6 Å². The van der Waals surface area contributed by atoms with Crippen molar-refractivity contribution in [1.82, 2.24) is 10.6 Å². The van der Waals surface area contributed by atoms with E-state index in [4.69, 9.17) is 4.74 Å². The quantitative estimate of drug-likeness (QED) is 0.816. The number of alkyl halides is 3. The monoisotopic (exact) mass is 373 g/mol. The van der Waals surface area contributed by atoms with Crippen LogP contribution >= 0.6 is 0 Å². The number of hydrogen-bond donors (Lipinski definition) is 2. The van der Waals surface area contributed by atoms with E-state index in [0.717, 1.165) is 12.1 Å². The van der Waals surface area contributed by atoms with Gasteiger partial charge in [0.05, 0.1) is 6.61 Å². The van der Waals surface area contributed by atoms with E-state index in [-0.39, 0.29) is 24.0 Å². The molecule has 2 amide bonds. The molecule has 2 unspecified atom stereocenters. The number of anilines is 1. The van der Waals surface area contributed by atoms with Crippen molar-refractivity contribution < 1.29 is 32.2 Å². The van der Waals surface area contributed by atoms with Crippen molar-refractivity contribution in [1.29, 1.82) is 0 Å². The molecule has 0 spiro atoms. The molecule has 2 atom stereocenters. The molecule has 0 radical (unpaired) electrons. The lowest BCUT2D eigenvalue weighted by atomic mass is 10.2. The lowest BCUT2D eigenvalue weighted by Gasteiger charge is -2.24. The predicted molar refractivity (Wildman–Crippen MR) is 84.6 cm³/mol. The third-order valence-electron chi connectivity index (χ3n) is 4.10. The van der Waals surface area contributed by atoms with Crippen LogP contribution in [0.5, 0.6) is 5.75 Å². The second kappa shape index (κ2) is 7.50. The standard InChI is InChI=1S/C16H18F3N3O4/c17-16(18,19)26-11-3-1-2-10(8-11)22-6-4-12(15(22)24)21-14(23)13-9-20-5-7-25-13/h1-3,8,12-13,20H,4-7,9H2,(H,21,23). The van der Waals surface area contributed by atoms with Gasteiger partial charge in [0.2, 0.25) is 5.91 Å². The first-order valence-corrected chi connectivity index (χ1v) is 8.13. The van der Waals surface area contributed by atoms with E-state index < -0.39 is 24.3 Å². The highest BCUT2D eigenvalue weighted by Crippen LogP contribution is 2.29. The van der Waals surface area contributed by atoms with E-state index in [1.807, 2.05) is 0 Å². The SMILES string of the molecule is O=C(NC1CCN(c2cccc(OC(F)(F)F)c2)C1=O)C1CNCCO1. The van der Waals surface area contributed by atoms with E-state index in [1.165, 1.54) is 17.0 Å². The van der Waals surface area contributed by atoms with Gasteiger partial charge in [-0.2, -0.15) is 0 Å². The van der Waals surface area contributed by atoms with Crippen LogP contribution in [0.1, 0.15) is 6.42 Å². The highest BCUT2D eigenvalue weighted by Gasteiger charge is 2.36. The van der Waals surface area contributed by atoms with Crippen LogP contribution in [0.3, 0.4) is 0 Å². The minimum Gasteiger partial charge on any atom is -0.406 e. The first-order valence-electron chi connectivity index (χ1n) is 8.13. The van der Waals surface area contributed by atoms with E-state index in [1.54, 1.807) is 0 Å². The molecule has 1 aromatic carbocycles. The number of nitrogens with one attached hydrogen (secondary N) is 2. The molecule has 7 nitrogen and oxygen atoms in total. The summed E-state index contributed by atoms with van der Waals surface area (Å²) in [5.41, 5.74) is 0.282. The largest absolute Gasteiger partial charge is 0.573 e. The zero-order chi connectivity index (χ0) is 18.7. The molecule has 2 aliphatic rings. The van der Waals surface area contributed by atoms with Crippen LogP contribution in [0.2, 0.25) is 0 Å². The van der Waals surface area contributed by atoms with Crippen molar-refractivity contribution >= 4 is 17.5 Å². The summed E-state index contributed by atoms with van der Waals surface area (Å²) in [4.78, 5) is 26.0. The van der Waals surface area contributed by atoms with Gasteiger partial charge in [-0.05, 0) is 18.6 Å². The Hall–Kier alpha value is -2.33. The van der Waals surface area contributed by atoms with Crippen molar-refractivity contribution in [2.24, 2.45) is 0 Å². The maximum absolute atomic E-state index is 12.5. The summed E-state index contributed by atoms with van der Waals surface area (Å²) in [5, 5.41) is 5.67. The maximum atomic E-state index is 12.5. The lowest BCUT2D eigenvalue weighted by molar-refractivity contribution is -0.274. The van der Waals surface area contributed by atoms with E-state index in [0.29, 0.717) is 26.1 Å².